The molecule has 2 aromatic carbocycles. The lowest BCUT2D eigenvalue weighted by molar-refractivity contribution is -0.144. The van der Waals surface area contributed by atoms with Crippen LogP contribution >= 0.6 is 11.3 Å². The minimum absolute atomic E-state index is 0.108. The summed E-state index contributed by atoms with van der Waals surface area (Å²) in [7, 11) is 0. The van der Waals surface area contributed by atoms with Crippen molar-refractivity contribution in [3.63, 3.8) is 0 Å². The molecule has 3 aromatic heterocycles. The lowest BCUT2D eigenvalue weighted by Gasteiger charge is -2.29. The highest BCUT2D eigenvalue weighted by molar-refractivity contribution is 7.15. The van der Waals surface area contributed by atoms with Gasteiger partial charge in [-0.15, -0.1) is 21.5 Å². The number of aryl methyl sites for hydroxylation is 1. The van der Waals surface area contributed by atoms with Crippen molar-refractivity contribution in [1.82, 2.24) is 34.8 Å². The van der Waals surface area contributed by atoms with Gasteiger partial charge in [-0.3, -0.25) is 33.7 Å². The fraction of sp³-hybridized carbons (Fsp3) is 0.293. The molecule has 1 saturated heterocycles. The summed E-state index contributed by atoms with van der Waals surface area (Å²) >= 11 is 1.61. The molecular formula is C41H35N7O6S. The number of esters is 1. The van der Waals surface area contributed by atoms with Crippen molar-refractivity contribution in [2.24, 2.45) is 0 Å². The number of hydrogen-bond donors (Lipinski definition) is 1. The highest BCUT2D eigenvalue weighted by Gasteiger charge is 2.39. The van der Waals surface area contributed by atoms with Gasteiger partial charge in [-0.05, 0) is 48.6 Å². The van der Waals surface area contributed by atoms with Gasteiger partial charge in [0.2, 0.25) is 11.8 Å². The predicted molar refractivity (Wildman–Crippen MR) is 199 cm³/mol. The summed E-state index contributed by atoms with van der Waals surface area (Å²) in [6.45, 7) is 3.55. The second kappa shape index (κ2) is 15.6. The summed E-state index contributed by atoms with van der Waals surface area (Å²) < 4.78 is 15.2. The Morgan fingerprint density at radius 1 is 1.04 bits per heavy atom. The van der Waals surface area contributed by atoms with Gasteiger partial charge >= 0.3 is 5.97 Å². The zero-order chi connectivity index (χ0) is 37.9. The number of carbonyl (C=O) groups is 4. The standard InChI is InChI=1S/C41H35N7O6S/c1-26-44-45-36-25-53-24-33-31(20-27-8-3-2-4-9-27)35(55-41(33)48(26)36)16-14-28-21-42-46(22-28)18-19-54-38(50)13-6-5-10-29-11-7-12-30-32(29)23-47(40(30)52)34-15-17-37(49)43-39(34)51/h2-4,7-9,11-12,21-22,34H,6,13,15,17-20,23-25H2,1H3,(H,43,49,51). The Morgan fingerprint density at radius 2 is 1.91 bits per heavy atom. The maximum Gasteiger partial charge on any atom is 0.306 e. The normalized spacial score (nSPS) is 15.8. The maximum atomic E-state index is 13.1. The third-order valence-corrected chi connectivity index (χ3v) is 10.9. The summed E-state index contributed by atoms with van der Waals surface area (Å²) in [4.78, 5) is 52.0. The van der Waals surface area contributed by atoms with E-state index in [4.69, 9.17) is 9.47 Å². The molecule has 3 aliphatic heterocycles. The first-order chi connectivity index (χ1) is 26.8. The highest BCUT2D eigenvalue weighted by Crippen LogP contribution is 2.37. The lowest BCUT2D eigenvalue weighted by Crippen LogP contribution is -2.52. The van der Waals surface area contributed by atoms with Crippen molar-refractivity contribution in [2.45, 2.75) is 71.4 Å². The number of nitrogens with zero attached hydrogens (tertiary/aromatic N) is 6. The molecule has 3 amide bonds. The third-order valence-electron chi connectivity index (χ3n) is 9.69. The summed E-state index contributed by atoms with van der Waals surface area (Å²) in [6.07, 6.45) is 5.11. The average molecular weight is 754 g/mol. The molecule has 1 N–H and O–H groups in total. The second-order valence-electron chi connectivity index (χ2n) is 13.3. The number of hydrogen-bond acceptors (Lipinski definition) is 10. The summed E-state index contributed by atoms with van der Waals surface area (Å²) in [5.41, 5.74) is 6.05. The van der Waals surface area contributed by atoms with E-state index in [0.717, 1.165) is 43.8 Å². The summed E-state index contributed by atoms with van der Waals surface area (Å²) in [5.74, 6) is 12.9. The van der Waals surface area contributed by atoms with Gasteiger partial charge in [0, 0.05) is 42.3 Å². The Balaban J connectivity index is 0.863. The molecular weight excluding hydrogens is 719 g/mol. The van der Waals surface area contributed by atoms with Gasteiger partial charge in [-0.1, -0.05) is 60.1 Å². The van der Waals surface area contributed by atoms with Crippen LogP contribution in [0.3, 0.4) is 0 Å². The number of ether oxygens (including phenoxy) is 2. The Morgan fingerprint density at radius 3 is 2.76 bits per heavy atom. The number of carbonyl (C=O) groups excluding carboxylic acids is 4. The molecule has 14 heteroatoms. The number of piperidine rings is 1. The van der Waals surface area contributed by atoms with E-state index in [1.54, 1.807) is 34.3 Å². The quantitative estimate of drug-likeness (QED) is 0.141. The molecule has 0 bridgehead atoms. The molecule has 0 spiro atoms. The number of amides is 3. The van der Waals surface area contributed by atoms with Crippen LogP contribution in [0.5, 0.6) is 0 Å². The SMILES string of the molecule is Cc1nnc2n1-c1sc(C#Cc3cnn(CCOC(=O)CCC#Cc4cccc5c4CN(C4CCC(=O)NC4=O)C5=O)c3)c(Cc3ccccc3)c1COC2. The van der Waals surface area contributed by atoms with E-state index in [1.807, 2.05) is 37.4 Å². The first kappa shape index (κ1) is 35.7. The van der Waals surface area contributed by atoms with Crippen LogP contribution in [0, 0.1) is 30.6 Å². The van der Waals surface area contributed by atoms with Gasteiger partial charge < -0.3 is 14.4 Å². The van der Waals surface area contributed by atoms with E-state index >= 15 is 0 Å². The molecule has 0 aliphatic carbocycles. The summed E-state index contributed by atoms with van der Waals surface area (Å²) in [6, 6.07) is 14.9. The number of benzene rings is 2. The van der Waals surface area contributed by atoms with E-state index in [2.05, 4.69) is 61.0 Å². The minimum Gasteiger partial charge on any atom is -0.464 e. The fourth-order valence-corrected chi connectivity index (χ4v) is 8.19. The van der Waals surface area contributed by atoms with Gasteiger partial charge in [0.05, 0.1) is 36.2 Å². The molecule has 5 aromatic rings. The van der Waals surface area contributed by atoms with Gasteiger partial charge in [0.15, 0.2) is 5.82 Å². The van der Waals surface area contributed by atoms with Gasteiger partial charge in [0.25, 0.3) is 5.91 Å². The molecule has 3 aliphatic rings. The largest absolute Gasteiger partial charge is 0.464 e. The summed E-state index contributed by atoms with van der Waals surface area (Å²) in [5, 5.41) is 16.4. The van der Waals surface area contributed by atoms with Crippen molar-refractivity contribution in [3.05, 3.63) is 116 Å². The Bertz CT molecular complexity index is 2460. The van der Waals surface area contributed by atoms with Crippen molar-refractivity contribution >= 4 is 35.0 Å². The molecule has 1 atom stereocenters. The number of rotatable bonds is 8. The lowest BCUT2D eigenvalue weighted by atomic mass is 10.0. The number of nitrogens with one attached hydrogen (secondary N) is 1. The molecule has 0 saturated carbocycles. The van der Waals surface area contributed by atoms with Crippen LogP contribution in [-0.4, -0.2) is 65.8 Å². The Hall–Kier alpha value is -6.35. The third kappa shape index (κ3) is 7.55. The van der Waals surface area contributed by atoms with Crippen LogP contribution in [0.4, 0.5) is 0 Å². The Labute approximate surface area is 320 Å². The molecule has 55 heavy (non-hydrogen) atoms. The molecule has 1 fully saturated rings. The van der Waals surface area contributed by atoms with Crippen molar-refractivity contribution < 1.29 is 28.7 Å². The van der Waals surface area contributed by atoms with Gasteiger partial charge in [-0.25, -0.2) is 0 Å². The zero-order valence-electron chi connectivity index (χ0n) is 30.0. The highest BCUT2D eigenvalue weighted by atomic mass is 32.1. The molecule has 6 heterocycles. The van der Waals surface area contributed by atoms with Crippen LogP contribution < -0.4 is 5.32 Å². The molecule has 8 rings (SSSR count). The predicted octanol–water partition coefficient (Wildman–Crippen LogP) is 3.99. The Kier molecular flexibility index (Phi) is 10.1. The fourth-order valence-electron chi connectivity index (χ4n) is 6.94. The van der Waals surface area contributed by atoms with Crippen molar-refractivity contribution in [1.29, 1.82) is 0 Å². The number of imide groups is 1. The zero-order valence-corrected chi connectivity index (χ0v) is 30.8. The van der Waals surface area contributed by atoms with E-state index < -0.39 is 11.9 Å². The molecule has 13 nitrogen and oxygen atoms in total. The molecule has 0 radical (unpaired) electrons. The van der Waals surface area contributed by atoms with Crippen LogP contribution in [0.1, 0.15) is 85.9 Å². The topological polar surface area (TPSA) is 151 Å². The van der Waals surface area contributed by atoms with Gasteiger partial charge in [0.1, 0.15) is 30.1 Å². The monoisotopic (exact) mass is 753 g/mol. The van der Waals surface area contributed by atoms with Gasteiger partial charge in [-0.2, -0.15) is 5.10 Å². The smallest absolute Gasteiger partial charge is 0.306 e. The number of thiophene rings is 1. The molecule has 1 unspecified atom stereocenters. The first-order valence-electron chi connectivity index (χ1n) is 18.0. The van der Waals surface area contributed by atoms with Crippen molar-refractivity contribution in [2.75, 3.05) is 6.61 Å². The van der Waals surface area contributed by atoms with Crippen LogP contribution in [0.2, 0.25) is 0 Å². The van der Waals surface area contributed by atoms with E-state index in [-0.39, 0.29) is 50.2 Å². The second-order valence-corrected chi connectivity index (χ2v) is 14.3. The maximum absolute atomic E-state index is 13.1. The van der Waals surface area contributed by atoms with Crippen LogP contribution in [0.25, 0.3) is 5.00 Å². The van der Waals surface area contributed by atoms with E-state index in [0.29, 0.717) is 43.7 Å². The number of fused-ring (bicyclic) bond motifs is 4. The number of aromatic nitrogens is 5. The minimum atomic E-state index is -0.694. The van der Waals surface area contributed by atoms with Crippen LogP contribution in [0.15, 0.2) is 60.9 Å². The van der Waals surface area contributed by atoms with E-state index in [1.165, 1.54) is 10.5 Å². The average Bonchev–Trinajstić information content (AvgIpc) is 3.93. The van der Waals surface area contributed by atoms with Crippen LogP contribution in [-0.2, 0) is 56.6 Å². The van der Waals surface area contributed by atoms with E-state index in [9.17, 15) is 19.2 Å². The molecule has 276 valence electrons. The van der Waals surface area contributed by atoms with Crippen molar-refractivity contribution in [3.8, 4) is 28.7 Å². The first-order valence-corrected chi connectivity index (χ1v) is 18.8.